The molecule has 3 rings (SSSR count). The molecule has 18 heavy (non-hydrogen) atoms. The molecule has 4 atom stereocenters. The molecule has 2 saturated carbocycles. The van der Waals surface area contributed by atoms with Gasteiger partial charge in [0.2, 0.25) is 0 Å². The van der Waals surface area contributed by atoms with Gasteiger partial charge in [-0.3, -0.25) is 4.79 Å². The van der Waals surface area contributed by atoms with Gasteiger partial charge in [-0.15, -0.1) is 0 Å². The van der Waals surface area contributed by atoms with Crippen LogP contribution < -0.4 is 0 Å². The monoisotopic (exact) mass is 236 g/mol. The van der Waals surface area contributed by atoms with E-state index in [0.29, 0.717) is 12.2 Å². The van der Waals surface area contributed by atoms with E-state index in [-0.39, 0.29) is 29.2 Å². The van der Waals surface area contributed by atoms with Gasteiger partial charge in [0.1, 0.15) is 23.5 Å². The third-order valence-electron chi connectivity index (χ3n) is 4.35. The van der Waals surface area contributed by atoms with Crippen LogP contribution in [0.15, 0.2) is 35.5 Å². The lowest BCUT2D eigenvalue weighted by atomic mass is 9.68. The highest BCUT2D eigenvalue weighted by Crippen LogP contribution is 2.52. The van der Waals surface area contributed by atoms with E-state index < -0.39 is 0 Å². The van der Waals surface area contributed by atoms with Gasteiger partial charge in [-0.1, -0.05) is 24.3 Å². The summed E-state index contributed by atoms with van der Waals surface area (Å²) in [7, 11) is 0. The van der Waals surface area contributed by atoms with E-state index >= 15 is 0 Å². The summed E-state index contributed by atoms with van der Waals surface area (Å²) in [5, 5.41) is 18.2. The SMILES string of the molecule is N#CC(C#N)=C1C2C=CC=CC1C1CC2CC1=O. The molecule has 4 unspecified atom stereocenters. The molecule has 0 aromatic rings. The van der Waals surface area contributed by atoms with Crippen LogP contribution in [0, 0.1) is 46.3 Å². The summed E-state index contributed by atoms with van der Waals surface area (Å²) in [5.41, 5.74) is 1.07. The summed E-state index contributed by atoms with van der Waals surface area (Å²) >= 11 is 0. The highest BCUT2D eigenvalue weighted by molar-refractivity contribution is 5.85. The number of Topliss-reactive ketones (excluding diaryl/α,β-unsaturated/α-hetero) is 1. The van der Waals surface area contributed by atoms with Gasteiger partial charge in [-0.05, 0) is 17.9 Å². The molecule has 2 fully saturated rings. The Balaban J connectivity index is 2.22. The molecule has 3 heteroatoms. The zero-order valence-corrected chi connectivity index (χ0v) is 9.84. The van der Waals surface area contributed by atoms with Crippen molar-refractivity contribution in [3.8, 4) is 12.1 Å². The number of rotatable bonds is 0. The van der Waals surface area contributed by atoms with E-state index in [0.717, 1.165) is 12.0 Å². The van der Waals surface area contributed by atoms with Crippen molar-refractivity contribution in [3.63, 3.8) is 0 Å². The molecule has 4 bridgehead atoms. The van der Waals surface area contributed by atoms with Crippen molar-refractivity contribution in [1.29, 1.82) is 10.5 Å². The first-order chi connectivity index (χ1) is 8.76. The number of carbonyl (C=O) groups excluding carboxylic acids is 1. The van der Waals surface area contributed by atoms with Crippen molar-refractivity contribution in [3.05, 3.63) is 35.5 Å². The molecule has 3 nitrogen and oxygen atoms in total. The fourth-order valence-electron chi connectivity index (χ4n) is 3.62. The van der Waals surface area contributed by atoms with E-state index in [1.54, 1.807) is 0 Å². The average Bonchev–Trinajstić information content (AvgIpc) is 2.61. The molecular formula is C15H12N2O. The molecule has 0 aromatic carbocycles. The summed E-state index contributed by atoms with van der Waals surface area (Å²) in [5.74, 6) is 0.587. The molecule has 0 saturated heterocycles. The highest BCUT2D eigenvalue weighted by atomic mass is 16.1. The number of hydrogen-bond acceptors (Lipinski definition) is 3. The van der Waals surface area contributed by atoms with Crippen molar-refractivity contribution >= 4 is 5.78 Å². The van der Waals surface area contributed by atoms with Gasteiger partial charge in [0, 0.05) is 24.2 Å². The molecule has 88 valence electrons. The summed E-state index contributed by atoms with van der Waals surface area (Å²) < 4.78 is 0. The van der Waals surface area contributed by atoms with Gasteiger partial charge in [0.05, 0.1) is 0 Å². The Labute approximate surface area is 106 Å². The quantitative estimate of drug-likeness (QED) is 0.606. The lowest BCUT2D eigenvalue weighted by molar-refractivity contribution is -0.121. The zero-order valence-electron chi connectivity index (χ0n) is 9.84. The molecule has 0 aliphatic heterocycles. The Hall–Kier alpha value is -2.13. The van der Waals surface area contributed by atoms with Crippen LogP contribution in [-0.4, -0.2) is 5.78 Å². The van der Waals surface area contributed by atoms with Crippen LogP contribution in [0.5, 0.6) is 0 Å². The molecule has 0 aromatic heterocycles. The standard InChI is InChI=1S/C15H12N2O/c16-7-10(8-17)15-11-3-1-2-4-12(15)13-5-9(11)6-14(13)18/h1-4,9,11-13H,5-6H2. The third kappa shape index (κ3) is 1.38. The first-order valence-corrected chi connectivity index (χ1v) is 6.18. The third-order valence-corrected chi connectivity index (χ3v) is 4.35. The lowest BCUT2D eigenvalue weighted by Gasteiger charge is -2.33. The van der Waals surface area contributed by atoms with Gasteiger partial charge < -0.3 is 0 Å². The number of hydrogen-bond donors (Lipinski definition) is 0. The van der Waals surface area contributed by atoms with Crippen LogP contribution in [-0.2, 0) is 4.79 Å². The van der Waals surface area contributed by atoms with Gasteiger partial charge >= 0.3 is 0 Å². The maximum absolute atomic E-state index is 12.0. The van der Waals surface area contributed by atoms with E-state index in [2.05, 4.69) is 0 Å². The summed E-state index contributed by atoms with van der Waals surface area (Å²) in [6, 6.07) is 4.00. The highest BCUT2D eigenvalue weighted by Gasteiger charge is 2.49. The largest absolute Gasteiger partial charge is 0.299 e. The van der Waals surface area contributed by atoms with Gasteiger partial charge in [0.25, 0.3) is 0 Å². The van der Waals surface area contributed by atoms with Gasteiger partial charge in [-0.2, -0.15) is 10.5 Å². The molecule has 0 spiro atoms. The summed E-state index contributed by atoms with van der Waals surface area (Å²) in [4.78, 5) is 12.0. The summed E-state index contributed by atoms with van der Waals surface area (Å²) in [6.07, 6.45) is 9.42. The number of nitriles is 2. The number of carbonyl (C=O) groups is 1. The van der Waals surface area contributed by atoms with Crippen LogP contribution in [0.3, 0.4) is 0 Å². The van der Waals surface area contributed by atoms with Crippen LogP contribution in [0.25, 0.3) is 0 Å². The Kier molecular flexibility index (Phi) is 2.42. The van der Waals surface area contributed by atoms with Gasteiger partial charge in [0.15, 0.2) is 0 Å². The maximum Gasteiger partial charge on any atom is 0.137 e. The molecule has 3 aliphatic carbocycles. The minimum atomic E-state index is -0.0504. The first kappa shape index (κ1) is 11.0. The topological polar surface area (TPSA) is 64.7 Å². The van der Waals surface area contributed by atoms with Crippen molar-refractivity contribution in [2.75, 3.05) is 0 Å². The number of ketones is 1. The number of fused-ring (bicyclic) bond motifs is 6. The molecular weight excluding hydrogens is 224 g/mol. The first-order valence-electron chi connectivity index (χ1n) is 6.18. The molecule has 0 radical (unpaired) electrons. The fourth-order valence-corrected chi connectivity index (χ4v) is 3.62. The predicted octanol–water partition coefficient (Wildman–Crippen LogP) is 2.30. The second kappa shape index (κ2) is 3.96. The van der Waals surface area contributed by atoms with Crippen LogP contribution in [0.2, 0.25) is 0 Å². The molecule has 0 amide bonds. The van der Waals surface area contributed by atoms with Crippen LogP contribution in [0.4, 0.5) is 0 Å². The minimum Gasteiger partial charge on any atom is -0.299 e. The van der Waals surface area contributed by atoms with E-state index in [1.165, 1.54) is 0 Å². The molecule has 0 N–H and O–H groups in total. The molecule has 0 heterocycles. The van der Waals surface area contributed by atoms with Crippen molar-refractivity contribution in [2.45, 2.75) is 12.8 Å². The second-order valence-corrected chi connectivity index (χ2v) is 5.15. The zero-order chi connectivity index (χ0) is 12.7. The van der Waals surface area contributed by atoms with E-state index in [9.17, 15) is 4.79 Å². The van der Waals surface area contributed by atoms with E-state index in [1.807, 2.05) is 36.4 Å². The van der Waals surface area contributed by atoms with E-state index in [4.69, 9.17) is 10.5 Å². The van der Waals surface area contributed by atoms with Crippen molar-refractivity contribution in [1.82, 2.24) is 0 Å². The van der Waals surface area contributed by atoms with Crippen molar-refractivity contribution < 1.29 is 4.79 Å². The van der Waals surface area contributed by atoms with Crippen LogP contribution in [0.1, 0.15) is 12.8 Å². The minimum absolute atomic E-state index is 0.0194. The second-order valence-electron chi connectivity index (χ2n) is 5.15. The Bertz CT molecular complexity index is 567. The maximum atomic E-state index is 12.0. The predicted molar refractivity (Wildman–Crippen MR) is 64.7 cm³/mol. The van der Waals surface area contributed by atoms with Crippen LogP contribution >= 0.6 is 0 Å². The fraction of sp³-hybridized carbons (Fsp3) is 0.400. The molecule has 3 aliphatic rings. The smallest absolute Gasteiger partial charge is 0.137 e. The Morgan fingerprint density at radius 1 is 1.17 bits per heavy atom. The Morgan fingerprint density at radius 3 is 2.50 bits per heavy atom. The Morgan fingerprint density at radius 2 is 1.83 bits per heavy atom. The summed E-state index contributed by atoms with van der Waals surface area (Å²) in [6.45, 7) is 0. The van der Waals surface area contributed by atoms with Crippen molar-refractivity contribution in [2.24, 2.45) is 23.7 Å². The average molecular weight is 236 g/mol. The number of allylic oxidation sites excluding steroid dienone is 6. The normalized spacial score (nSPS) is 35.9. The number of nitrogens with zero attached hydrogens (tertiary/aromatic N) is 2. The van der Waals surface area contributed by atoms with Gasteiger partial charge in [-0.25, -0.2) is 0 Å². The lowest BCUT2D eigenvalue weighted by Crippen LogP contribution is -2.28.